The van der Waals surface area contributed by atoms with E-state index < -0.39 is 19.8 Å². The third-order valence-corrected chi connectivity index (χ3v) is 6.77. The summed E-state index contributed by atoms with van der Waals surface area (Å²) in [4.78, 5) is 42.2. The second-order valence-electron chi connectivity index (χ2n) is 8.16. The average molecular weight is 475 g/mol. The van der Waals surface area contributed by atoms with E-state index in [1.54, 1.807) is 17.6 Å². The van der Waals surface area contributed by atoms with Crippen LogP contribution in [0.3, 0.4) is 0 Å². The molecule has 5 rings (SSSR count). The van der Waals surface area contributed by atoms with Crippen LogP contribution >= 0.6 is 8.25 Å². The minimum Gasteiger partial charge on any atom is -0.566 e. The number of carbonyl (C=O) groups excluding carboxylic acids is 1. The molecule has 3 aromatic rings. The normalized spacial score (nSPS) is 18.8. The van der Waals surface area contributed by atoms with E-state index in [1.807, 2.05) is 12.1 Å². The van der Waals surface area contributed by atoms with Crippen molar-refractivity contribution >= 4 is 25.1 Å². The Kier molecular flexibility index (Phi) is 6.62. The SMILES string of the molecule is CCCc1ccc2nc3c(cc2c1)Cn1c-3cc2c(c1=O)COC(=O)[C@@]2(CC)O[P+](=O)[O-].[Na+]. The van der Waals surface area contributed by atoms with E-state index in [2.05, 4.69) is 19.1 Å². The Balaban J connectivity index is 0.00000259. The first-order chi connectivity index (χ1) is 15.4. The predicted molar refractivity (Wildman–Crippen MR) is 115 cm³/mol. The molecule has 0 spiro atoms. The maximum atomic E-state index is 13.3. The number of pyridine rings is 2. The molecule has 0 aliphatic carbocycles. The van der Waals surface area contributed by atoms with Gasteiger partial charge in [0.05, 0.1) is 29.0 Å². The van der Waals surface area contributed by atoms with Gasteiger partial charge in [-0.05, 0) is 47.2 Å². The van der Waals surface area contributed by atoms with Gasteiger partial charge < -0.3 is 14.2 Å². The fourth-order valence-electron chi connectivity index (χ4n) is 4.75. The third-order valence-electron chi connectivity index (χ3n) is 6.31. The first kappa shape index (κ1) is 24.2. The fourth-order valence-corrected chi connectivity index (χ4v) is 5.30. The molecule has 0 saturated heterocycles. The first-order valence-corrected chi connectivity index (χ1v) is 11.7. The summed E-state index contributed by atoms with van der Waals surface area (Å²) in [7, 11) is -3.35. The average Bonchev–Trinajstić information content (AvgIpc) is 3.12. The zero-order valence-corrected chi connectivity index (χ0v) is 21.6. The van der Waals surface area contributed by atoms with Gasteiger partial charge >= 0.3 is 43.8 Å². The summed E-state index contributed by atoms with van der Waals surface area (Å²) in [6.45, 7) is 3.88. The summed E-state index contributed by atoms with van der Waals surface area (Å²) >= 11 is 0. The van der Waals surface area contributed by atoms with Crippen LogP contribution in [-0.2, 0) is 43.8 Å². The number of fused-ring (bicyclic) bond motifs is 5. The van der Waals surface area contributed by atoms with Gasteiger partial charge in [0.15, 0.2) is 0 Å². The second kappa shape index (κ2) is 9.02. The molecular formula is C23H21N2NaO6P+. The molecule has 0 fully saturated rings. The maximum absolute atomic E-state index is 13.3. The van der Waals surface area contributed by atoms with Gasteiger partial charge in [0.25, 0.3) is 5.56 Å². The summed E-state index contributed by atoms with van der Waals surface area (Å²) < 4.78 is 23.3. The molecule has 0 amide bonds. The largest absolute Gasteiger partial charge is 1.00 e. The van der Waals surface area contributed by atoms with E-state index >= 15 is 0 Å². The zero-order valence-electron chi connectivity index (χ0n) is 18.7. The number of hydrogen-bond acceptors (Lipinski definition) is 7. The molecule has 4 heterocycles. The van der Waals surface area contributed by atoms with E-state index in [1.165, 1.54) is 5.56 Å². The molecule has 1 unspecified atom stereocenters. The van der Waals surface area contributed by atoms with Gasteiger partial charge in [-0.15, -0.1) is 4.52 Å². The number of esters is 1. The third kappa shape index (κ3) is 3.79. The minimum atomic E-state index is -3.35. The Labute approximate surface area is 213 Å². The molecule has 164 valence electrons. The summed E-state index contributed by atoms with van der Waals surface area (Å²) in [6, 6.07) is 9.85. The van der Waals surface area contributed by atoms with E-state index in [0.29, 0.717) is 17.9 Å². The zero-order chi connectivity index (χ0) is 22.6. The number of rotatable bonds is 5. The van der Waals surface area contributed by atoms with Gasteiger partial charge in [0.2, 0.25) is 5.60 Å². The monoisotopic (exact) mass is 475 g/mol. The van der Waals surface area contributed by atoms with Gasteiger partial charge in [0, 0.05) is 16.5 Å². The Morgan fingerprint density at radius 3 is 2.73 bits per heavy atom. The van der Waals surface area contributed by atoms with Crippen molar-refractivity contribution in [1.82, 2.24) is 9.55 Å². The van der Waals surface area contributed by atoms with Gasteiger partial charge in [-0.3, -0.25) is 4.79 Å². The van der Waals surface area contributed by atoms with E-state index in [9.17, 15) is 19.0 Å². The van der Waals surface area contributed by atoms with Crippen LogP contribution in [0.1, 0.15) is 48.9 Å². The Bertz CT molecular complexity index is 1370. The summed E-state index contributed by atoms with van der Waals surface area (Å²) in [5.41, 5.74) is 2.40. The van der Waals surface area contributed by atoms with Crippen LogP contribution < -0.4 is 40.0 Å². The number of ether oxygens (including phenoxy) is 1. The van der Waals surface area contributed by atoms with Crippen molar-refractivity contribution in [1.29, 1.82) is 0 Å². The molecule has 0 bridgehead atoms. The maximum Gasteiger partial charge on any atom is 1.00 e. The van der Waals surface area contributed by atoms with Gasteiger partial charge in [-0.1, -0.05) is 26.3 Å². The van der Waals surface area contributed by atoms with Crippen molar-refractivity contribution < 1.29 is 53.1 Å². The molecule has 0 radical (unpaired) electrons. The molecule has 2 atom stereocenters. The van der Waals surface area contributed by atoms with Gasteiger partial charge in [-0.25, -0.2) is 9.78 Å². The first-order valence-electron chi connectivity index (χ1n) is 10.6. The quantitative estimate of drug-likeness (QED) is 0.228. The number of benzene rings is 1. The summed E-state index contributed by atoms with van der Waals surface area (Å²) in [5.74, 6) is -0.816. The molecular weight excluding hydrogens is 454 g/mol. The molecule has 0 saturated carbocycles. The number of aryl methyl sites for hydroxylation is 1. The Morgan fingerprint density at radius 2 is 2.03 bits per heavy atom. The smallest absolute Gasteiger partial charge is 0.566 e. The standard InChI is InChI=1S/C23H21N2O6P.Na/c1-3-5-13-6-7-18-14(8-13)9-15-11-25-19(20(15)24-18)10-17-16(21(25)26)12-30-22(27)23(17,4-2)31-32(28)29;/h6-10H,3-5,11-12H2,1-2H3;/q;+1/t23-;/m0./s1. The van der Waals surface area contributed by atoms with Crippen molar-refractivity contribution in [2.24, 2.45) is 0 Å². The van der Waals surface area contributed by atoms with Crippen molar-refractivity contribution in [3.63, 3.8) is 0 Å². The molecule has 0 N–H and O–H groups in total. The fraction of sp³-hybridized carbons (Fsp3) is 0.348. The van der Waals surface area contributed by atoms with Crippen LogP contribution in [-0.4, -0.2) is 15.5 Å². The molecule has 33 heavy (non-hydrogen) atoms. The molecule has 2 aromatic heterocycles. The molecule has 2 aliphatic rings. The molecule has 8 nitrogen and oxygen atoms in total. The predicted octanol–water partition coefficient (Wildman–Crippen LogP) is 0.0781. The van der Waals surface area contributed by atoms with Crippen molar-refractivity contribution in [3.05, 3.63) is 62.9 Å². The van der Waals surface area contributed by atoms with Crippen LogP contribution in [0, 0.1) is 0 Å². The second-order valence-corrected chi connectivity index (χ2v) is 8.79. The van der Waals surface area contributed by atoms with Crippen molar-refractivity contribution in [3.8, 4) is 11.4 Å². The number of nitrogens with zero attached hydrogens (tertiary/aromatic N) is 2. The number of hydrogen-bond donors (Lipinski definition) is 0. The number of aromatic nitrogens is 2. The van der Waals surface area contributed by atoms with Crippen LogP contribution in [0.5, 0.6) is 0 Å². The van der Waals surface area contributed by atoms with Crippen LogP contribution in [0.15, 0.2) is 35.1 Å². The summed E-state index contributed by atoms with van der Waals surface area (Å²) in [5, 5.41) is 1.01. The van der Waals surface area contributed by atoms with Crippen molar-refractivity contribution in [2.45, 2.75) is 51.9 Å². The van der Waals surface area contributed by atoms with Crippen LogP contribution in [0.2, 0.25) is 0 Å². The molecule has 10 heteroatoms. The van der Waals surface area contributed by atoms with Gasteiger partial charge in [-0.2, -0.15) is 0 Å². The van der Waals surface area contributed by atoms with E-state index in [-0.39, 0.29) is 59.3 Å². The van der Waals surface area contributed by atoms with Crippen LogP contribution in [0.4, 0.5) is 0 Å². The summed E-state index contributed by atoms with van der Waals surface area (Å²) in [6.07, 6.45) is 2.03. The number of carbonyl (C=O) groups is 1. The van der Waals surface area contributed by atoms with Gasteiger partial charge in [0.1, 0.15) is 6.61 Å². The molecule has 1 aromatic carbocycles. The van der Waals surface area contributed by atoms with E-state index in [4.69, 9.17) is 14.2 Å². The van der Waals surface area contributed by atoms with Crippen LogP contribution in [0.25, 0.3) is 22.3 Å². The topological polar surface area (TPSA) is 111 Å². The van der Waals surface area contributed by atoms with E-state index in [0.717, 1.165) is 29.3 Å². The Morgan fingerprint density at radius 1 is 1.24 bits per heavy atom. The number of cyclic esters (lactones) is 1. The minimum absolute atomic E-state index is 0. The van der Waals surface area contributed by atoms with Crippen molar-refractivity contribution in [2.75, 3.05) is 0 Å². The molecule has 2 aliphatic heterocycles. The Hall–Kier alpha value is -1.93.